The zero-order chi connectivity index (χ0) is 15.4. The third-order valence-electron chi connectivity index (χ3n) is 2.78. The quantitative estimate of drug-likeness (QED) is 0.627. The van der Waals surface area contributed by atoms with E-state index < -0.39 is 10.8 Å². The SMILES string of the molecule is C[C@H](CO)NC(=O)c1ccn(-c2cccc([N+](=O)[O-])c2)n1. The molecule has 0 bridgehead atoms. The van der Waals surface area contributed by atoms with E-state index in [9.17, 15) is 14.9 Å². The van der Waals surface area contributed by atoms with Crippen molar-refractivity contribution in [1.82, 2.24) is 15.1 Å². The number of non-ortho nitro benzene ring substituents is 1. The van der Waals surface area contributed by atoms with E-state index in [1.54, 1.807) is 19.1 Å². The van der Waals surface area contributed by atoms with Crippen LogP contribution in [0.15, 0.2) is 36.5 Å². The summed E-state index contributed by atoms with van der Waals surface area (Å²) in [6, 6.07) is 7.06. The van der Waals surface area contributed by atoms with Gasteiger partial charge in [0.25, 0.3) is 11.6 Å². The van der Waals surface area contributed by atoms with E-state index in [0.717, 1.165) is 0 Å². The predicted molar refractivity (Wildman–Crippen MR) is 74.2 cm³/mol. The number of rotatable bonds is 5. The molecule has 0 aliphatic carbocycles. The summed E-state index contributed by atoms with van der Waals surface area (Å²) < 4.78 is 1.38. The van der Waals surface area contributed by atoms with Crippen molar-refractivity contribution in [3.05, 3.63) is 52.3 Å². The number of carbonyl (C=O) groups is 1. The van der Waals surface area contributed by atoms with Gasteiger partial charge in [0.1, 0.15) is 0 Å². The van der Waals surface area contributed by atoms with Gasteiger partial charge in [-0.2, -0.15) is 5.10 Å². The fourth-order valence-corrected chi connectivity index (χ4v) is 1.68. The number of aromatic nitrogens is 2. The lowest BCUT2D eigenvalue weighted by Crippen LogP contribution is -2.35. The molecule has 1 aromatic heterocycles. The Morgan fingerprint density at radius 1 is 1.52 bits per heavy atom. The van der Waals surface area contributed by atoms with Gasteiger partial charge < -0.3 is 10.4 Å². The number of nitrogens with one attached hydrogen (secondary N) is 1. The molecule has 8 nitrogen and oxygen atoms in total. The number of aliphatic hydroxyl groups is 1. The summed E-state index contributed by atoms with van der Waals surface area (Å²) in [7, 11) is 0. The Balaban J connectivity index is 2.22. The summed E-state index contributed by atoms with van der Waals surface area (Å²) in [4.78, 5) is 22.1. The Morgan fingerprint density at radius 2 is 2.29 bits per heavy atom. The normalized spacial score (nSPS) is 11.9. The number of benzene rings is 1. The number of amides is 1. The minimum atomic E-state index is -0.496. The maximum atomic E-state index is 11.8. The Bertz CT molecular complexity index is 668. The summed E-state index contributed by atoms with van der Waals surface area (Å²) in [5.41, 5.74) is 0.600. The van der Waals surface area contributed by atoms with Crippen LogP contribution in [0.5, 0.6) is 0 Å². The van der Waals surface area contributed by atoms with E-state index in [1.165, 1.54) is 29.1 Å². The minimum absolute atomic E-state index is 0.0529. The molecule has 8 heteroatoms. The molecule has 1 aromatic carbocycles. The molecule has 0 saturated heterocycles. The molecule has 0 aliphatic heterocycles. The van der Waals surface area contributed by atoms with Crippen molar-refractivity contribution in [3.63, 3.8) is 0 Å². The molecule has 2 aromatic rings. The number of hydrogen-bond donors (Lipinski definition) is 2. The van der Waals surface area contributed by atoms with E-state index in [0.29, 0.717) is 5.69 Å². The van der Waals surface area contributed by atoms with Gasteiger partial charge in [-0.3, -0.25) is 14.9 Å². The average Bonchev–Trinajstić information content (AvgIpc) is 2.97. The lowest BCUT2D eigenvalue weighted by molar-refractivity contribution is -0.384. The summed E-state index contributed by atoms with van der Waals surface area (Å²) in [5.74, 6) is -0.416. The number of hydrogen-bond acceptors (Lipinski definition) is 5. The van der Waals surface area contributed by atoms with Crippen LogP contribution in [0.1, 0.15) is 17.4 Å². The first kappa shape index (κ1) is 14.7. The summed E-state index contributed by atoms with van der Waals surface area (Å²) in [6.45, 7) is 1.49. The van der Waals surface area contributed by atoms with E-state index >= 15 is 0 Å². The van der Waals surface area contributed by atoms with Crippen LogP contribution in [0.2, 0.25) is 0 Å². The standard InChI is InChI=1S/C13H14N4O4/c1-9(8-18)14-13(19)12-5-6-16(15-12)10-3-2-4-11(7-10)17(20)21/h2-7,9,18H,8H2,1H3,(H,14,19)/t9-/m1/s1. The van der Waals surface area contributed by atoms with E-state index in [4.69, 9.17) is 5.11 Å². The molecule has 2 N–H and O–H groups in total. The van der Waals surface area contributed by atoms with Crippen molar-refractivity contribution >= 4 is 11.6 Å². The molecule has 1 heterocycles. The number of nitro groups is 1. The van der Waals surface area contributed by atoms with Crippen molar-refractivity contribution in [1.29, 1.82) is 0 Å². The Labute approximate surface area is 120 Å². The molecule has 1 amide bonds. The van der Waals surface area contributed by atoms with Gasteiger partial charge in [0, 0.05) is 24.4 Å². The third-order valence-corrected chi connectivity index (χ3v) is 2.78. The first-order valence-corrected chi connectivity index (χ1v) is 6.23. The summed E-state index contributed by atoms with van der Waals surface area (Å²) in [5, 5.41) is 26.3. The zero-order valence-electron chi connectivity index (χ0n) is 11.3. The highest BCUT2D eigenvalue weighted by atomic mass is 16.6. The van der Waals surface area contributed by atoms with Gasteiger partial charge in [-0.25, -0.2) is 4.68 Å². The van der Waals surface area contributed by atoms with Crippen molar-refractivity contribution in [3.8, 4) is 5.69 Å². The van der Waals surface area contributed by atoms with Crippen molar-refractivity contribution in [2.45, 2.75) is 13.0 Å². The molecule has 110 valence electrons. The first-order valence-electron chi connectivity index (χ1n) is 6.23. The topological polar surface area (TPSA) is 110 Å². The Hall–Kier alpha value is -2.74. The van der Waals surface area contributed by atoms with Gasteiger partial charge in [-0.15, -0.1) is 0 Å². The smallest absolute Gasteiger partial charge is 0.272 e. The van der Waals surface area contributed by atoms with Gasteiger partial charge >= 0.3 is 0 Å². The predicted octanol–water partition coefficient (Wildman–Crippen LogP) is 0.891. The highest BCUT2D eigenvalue weighted by Gasteiger charge is 2.13. The maximum Gasteiger partial charge on any atom is 0.272 e. The monoisotopic (exact) mass is 290 g/mol. The fraction of sp³-hybridized carbons (Fsp3) is 0.231. The highest BCUT2D eigenvalue weighted by Crippen LogP contribution is 2.16. The molecule has 0 fully saturated rings. The highest BCUT2D eigenvalue weighted by molar-refractivity contribution is 5.92. The van der Waals surface area contributed by atoms with Crippen LogP contribution in [0.25, 0.3) is 5.69 Å². The molecule has 0 unspecified atom stereocenters. The second-order valence-corrected chi connectivity index (χ2v) is 4.48. The molecule has 21 heavy (non-hydrogen) atoms. The minimum Gasteiger partial charge on any atom is -0.394 e. The van der Waals surface area contributed by atoms with Crippen molar-refractivity contribution in [2.24, 2.45) is 0 Å². The van der Waals surface area contributed by atoms with Gasteiger partial charge in [0.2, 0.25) is 0 Å². The van der Waals surface area contributed by atoms with Crippen LogP contribution < -0.4 is 5.32 Å². The molecule has 2 rings (SSSR count). The Morgan fingerprint density at radius 3 is 2.95 bits per heavy atom. The largest absolute Gasteiger partial charge is 0.394 e. The lowest BCUT2D eigenvalue weighted by atomic mass is 10.3. The molecule has 0 radical (unpaired) electrons. The molecule has 0 saturated carbocycles. The van der Waals surface area contributed by atoms with Gasteiger partial charge in [-0.05, 0) is 19.1 Å². The number of aliphatic hydroxyl groups excluding tert-OH is 1. The van der Waals surface area contributed by atoms with Crippen LogP contribution in [0, 0.1) is 10.1 Å². The van der Waals surface area contributed by atoms with E-state index in [2.05, 4.69) is 10.4 Å². The first-order chi connectivity index (χ1) is 10.0. The fourth-order valence-electron chi connectivity index (χ4n) is 1.68. The molecular weight excluding hydrogens is 276 g/mol. The van der Waals surface area contributed by atoms with Crippen LogP contribution in [0.3, 0.4) is 0 Å². The summed E-state index contributed by atoms with van der Waals surface area (Å²) in [6.07, 6.45) is 1.54. The lowest BCUT2D eigenvalue weighted by Gasteiger charge is -2.08. The Kier molecular flexibility index (Phi) is 4.29. The van der Waals surface area contributed by atoms with Crippen LogP contribution in [-0.2, 0) is 0 Å². The van der Waals surface area contributed by atoms with Crippen LogP contribution in [0.4, 0.5) is 5.69 Å². The number of nitrogens with zero attached hydrogens (tertiary/aromatic N) is 3. The van der Waals surface area contributed by atoms with E-state index in [-0.39, 0.29) is 24.0 Å². The number of carbonyl (C=O) groups excluding carboxylic acids is 1. The molecule has 0 spiro atoms. The molecule has 0 aliphatic rings. The number of nitro benzene ring substituents is 1. The molecular formula is C13H14N4O4. The van der Waals surface area contributed by atoms with Crippen LogP contribution in [-0.4, -0.2) is 38.4 Å². The second kappa shape index (κ2) is 6.14. The van der Waals surface area contributed by atoms with Gasteiger partial charge in [0.15, 0.2) is 5.69 Å². The van der Waals surface area contributed by atoms with Crippen molar-refractivity contribution in [2.75, 3.05) is 6.61 Å². The zero-order valence-corrected chi connectivity index (χ0v) is 11.3. The second-order valence-electron chi connectivity index (χ2n) is 4.48. The third kappa shape index (κ3) is 3.42. The van der Waals surface area contributed by atoms with Gasteiger partial charge in [-0.1, -0.05) is 6.07 Å². The summed E-state index contributed by atoms with van der Waals surface area (Å²) >= 11 is 0. The molecule has 1 atom stereocenters. The van der Waals surface area contributed by atoms with Crippen LogP contribution >= 0.6 is 0 Å². The van der Waals surface area contributed by atoms with E-state index in [1.807, 2.05) is 0 Å². The van der Waals surface area contributed by atoms with Gasteiger partial charge in [0.05, 0.1) is 17.2 Å². The average molecular weight is 290 g/mol. The van der Waals surface area contributed by atoms with Crippen molar-refractivity contribution < 1.29 is 14.8 Å². The maximum absolute atomic E-state index is 11.8.